The minimum Gasteiger partial charge on any atom is -0.459 e. The molecule has 7 heteroatoms. The average Bonchev–Trinajstić information content (AvgIpc) is 2.46. The molecule has 0 aliphatic heterocycles. The summed E-state index contributed by atoms with van der Waals surface area (Å²) in [4.78, 5) is 13.1. The lowest BCUT2D eigenvalue weighted by molar-refractivity contribution is 0.279. The summed E-state index contributed by atoms with van der Waals surface area (Å²) in [6, 6.07) is 5.84. The van der Waals surface area contributed by atoms with Crippen LogP contribution in [0.2, 0.25) is 0 Å². The van der Waals surface area contributed by atoms with Crippen molar-refractivity contribution < 1.29 is 13.5 Å². The van der Waals surface area contributed by atoms with Crippen LogP contribution in [-0.2, 0) is 6.61 Å². The average molecular weight is 292 g/mol. The van der Waals surface area contributed by atoms with Crippen molar-refractivity contribution >= 4 is 12.2 Å². The number of benzene rings is 1. The number of halogens is 2. The Bertz CT molecular complexity index is 629. The minimum absolute atomic E-state index is 0.00614. The van der Waals surface area contributed by atoms with Crippen molar-refractivity contribution in [1.29, 1.82) is 0 Å². The summed E-state index contributed by atoms with van der Waals surface area (Å²) in [5, 5.41) is 0. The van der Waals surface area contributed by atoms with Crippen molar-refractivity contribution in [3.05, 3.63) is 47.7 Å². The van der Waals surface area contributed by atoms with Crippen LogP contribution in [0.1, 0.15) is 5.56 Å². The van der Waals surface area contributed by atoms with Crippen LogP contribution in [0.5, 0.6) is 6.01 Å². The Morgan fingerprint density at radius 3 is 2.62 bits per heavy atom. The highest BCUT2D eigenvalue weighted by Gasteiger charge is 2.07. The fraction of sp³-hybridized carbons (Fsp3) is 0.214. The highest BCUT2D eigenvalue weighted by molar-refractivity contribution is 5.59. The van der Waals surface area contributed by atoms with Crippen LogP contribution in [0.25, 0.3) is 0 Å². The summed E-state index contributed by atoms with van der Waals surface area (Å²) in [7, 11) is 3.52. The Balaban J connectivity index is 2.06. The molecule has 0 spiro atoms. The van der Waals surface area contributed by atoms with Crippen molar-refractivity contribution in [3.8, 4) is 6.01 Å². The maximum atomic E-state index is 13.5. The van der Waals surface area contributed by atoms with Gasteiger partial charge in [-0.05, 0) is 17.7 Å². The summed E-state index contributed by atoms with van der Waals surface area (Å²) in [6.07, 6.45) is 2.42. The lowest BCUT2D eigenvalue weighted by Crippen LogP contribution is -2.07. The molecule has 0 atom stereocenters. The Hall–Kier alpha value is -2.57. The van der Waals surface area contributed by atoms with Crippen molar-refractivity contribution in [2.24, 2.45) is 4.99 Å². The molecule has 1 aromatic heterocycles. The van der Waals surface area contributed by atoms with Gasteiger partial charge in [0.15, 0.2) is 11.6 Å². The molecule has 0 fully saturated rings. The quantitative estimate of drug-likeness (QED) is 0.628. The summed E-state index contributed by atoms with van der Waals surface area (Å²) < 4.78 is 31.6. The van der Waals surface area contributed by atoms with Crippen molar-refractivity contribution in [2.45, 2.75) is 6.61 Å². The van der Waals surface area contributed by atoms with E-state index < -0.39 is 5.82 Å². The van der Waals surface area contributed by atoms with E-state index in [1.165, 1.54) is 18.5 Å². The van der Waals surface area contributed by atoms with Gasteiger partial charge >= 0.3 is 6.01 Å². The molecule has 1 aromatic carbocycles. The van der Waals surface area contributed by atoms with Crippen LogP contribution in [-0.4, -0.2) is 35.3 Å². The Morgan fingerprint density at radius 1 is 1.24 bits per heavy atom. The monoisotopic (exact) mass is 292 g/mol. The van der Waals surface area contributed by atoms with Gasteiger partial charge in [-0.15, -0.1) is 0 Å². The molecule has 0 radical (unpaired) electrons. The first-order valence-electron chi connectivity index (χ1n) is 6.15. The van der Waals surface area contributed by atoms with E-state index in [-0.39, 0.29) is 24.3 Å². The first-order chi connectivity index (χ1) is 10.0. The molecule has 5 nitrogen and oxygen atoms in total. The minimum atomic E-state index is -0.637. The van der Waals surface area contributed by atoms with E-state index in [9.17, 15) is 8.78 Å². The molecule has 2 aromatic rings. The Kier molecular flexibility index (Phi) is 4.76. The number of hydrogen-bond acceptors (Lipinski definition) is 4. The van der Waals surface area contributed by atoms with Gasteiger partial charge in [-0.1, -0.05) is 12.1 Å². The second-order valence-electron chi connectivity index (χ2n) is 4.45. The molecule has 1 heterocycles. The largest absolute Gasteiger partial charge is 0.459 e. The Morgan fingerprint density at radius 2 is 1.95 bits per heavy atom. The van der Waals surface area contributed by atoms with Gasteiger partial charge < -0.3 is 9.64 Å². The number of aliphatic imine (C=N–C) groups is 1. The zero-order valence-electron chi connectivity index (χ0n) is 11.6. The standard InChI is InChI=1S/C14H14F2N4O/c1-20(2)9-18-13-12(16)7-17-14(19-13)21-8-10-3-5-11(15)6-4-10/h3-7,9H,8H2,1-2H3/b18-9-. The molecule has 0 N–H and O–H groups in total. The van der Waals surface area contributed by atoms with Crippen molar-refractivity contribution in [1.82, 2.24) is 14.9 Å². The van der Waals surface area contributed by atoms with Crippen LogP contribution in [0.3, 0.4) is 0 Å². The third-order valence-corrected chi connectivity index (χ3v) is 2.40. The predicted molar refractivity (Wildman–Crippen MR) is 74.6 cm³/mol. The zero-order chi connectivity index (χ0) is 15.2. The molecule has 0 saturated heterocycles. The van der Waals surface area contributed by atoms with Gasteiger partial charge in [-0.3, -0.25) is 0 Å². The van der Waals surface area contributed by atoms with Crippen LogP contribution in [0, 0.1) is 11.6 Å². The van der Waals surface area contributed by atoms with E-state index >= 15 is 0 Å². The molecule has 110 valence electrons. The molecule has 21 heavy (non-hydrogen) atoms. The van der Waals surface area contributed by atoms with E-state index in [0.717, 1.165) is 11.8 Å². The summed E-state index contributed by atoms with van der Waals surface area (Å²) >= 11 is 0. The molecule has 0 aliphatic carbocycles. The van der Waals surface area contributed by atoms with Gasteiger partial charge in [0.25, 0.3) is 0 Å². The van der Waals surface area contributed by atoms with Crippen LogP contribution in [0.4, 0.5) is 14.6 Å². The van der Waals surface area contributed by atoms with Crippen LogP contribution in [0.15, 0.2) is 35.5 Å². The van der Waals surface area contributed by atoms with Gasteiger partial charge in [0.2, 0.25) is 0 Å². The van der Waals surface area contributed by atoms with Crippen molar-refractivity contribution in [2.75, 3.05) is 14.1 Å². The SMILES string of the molecule is CN(C)/C=N\c1nc(OCc2ccc(F)cc2)ncc1F. The fourth-order valence-corrected chi connectivity index (χ4v) is 1.40. The molecule has 0 aliphatic rings. The Labute approximate surface area is 120 Å². The smallest absolute Gasteiger partial charge is 0.318 e. The predicted octanol–water partition coefficient (Wildman–Crippen LogP) is 2.56. The topological polar surface area (TPSA) is 50.6 Å². The summed E-state index contributed by atoms with van der Waals surface area (Å²) in [5.41, 5.74) is 0.752. The highest BCUT2D eigenvalue weighted by atomic mass is 19.1. The number of rotatable bonds is 5. The van der Waals surface area contributed by atoms with Gasteiger partial charge in [-0.25, -0.2) is 18.8 Å². The first kappa shape index (κ1) is 14.8. The zero-order valence-corrected chi connectivity index (χ0v) is 11.6. The normalized spacial score (nSPS) is 10.9. The lowest BCUT2D eigenvalue weighted by atomic mass is 10.2. The van der Waals surface area contributed by atoms with Crippen LogP contribution < -0.4 is 4.74 Å². The molecule has 0 unspecified atom stereocenters. The highest BCUT2D eigenvalue weighted by Crippen LogP contribution is 2.17. The van der Waals surface area contributed by atoms with Gasteiger partial charge in [0, 0.05) is 14.1 Å². The van der Waals surface area contributed by atoms with E-state index in [1.54, 1.807) is 31.1 Å². The second kappa shape index (κ2) is 6.74. The maximum absolute atomic E-state index is 13.5. The molecule has 0 bridgehead atoms. The fourth-order valence-electron chi connectivity index (χ4n) is 1.40. The summed E-state index contributed by atoms with van der Waals surface area (Å²) in [6.45, 7) is 0.156. The van der Waals surface area contributed by atoms with Crippen molar-refractivity contribution in [3.63, 3.8) is 0 Å². The van der Waals surface area contributed by atoms with Gasteiger partial charge in [0.05, 0.1) is 12.5 Å². The first-order valence-corrected chi connectivity index (χ1v) is 6.15. The second-order valence-corrected chi connectivity index (χ2v) is 4.45. The van der Waals surface area contributed by atoms with E-state index in [1.807, 2.05) is 0 Å². The van der Waals surface area contributed by atoms with E-state index in [0.29, 0.717) is 0 Å². The summed E-state index contributed by atoms with van der Waals surface area (Å²) in [5.74, 6) is -1.06. The molecule has 0 saturated carbocycles. The number of ether oxygens (including phenoxy) is 1. The third kappa shape index (κ3) is 4.48. The van der Waals surface area contributed by atoms with E-state index in [2.05, 4.69) is 15.0 Å². The third-order valence-electron chi connectivity index (χ3n) is 2.40. The molecule has 2 rings (SSSR count). The maximum Gasteiger partial charge on any atom is 0.318 e. The van der Waals surface area contributed by atoms with Gasteiger partial charge in [-0.2, -0.15) is 4.98 Å². The van der Waals surface area contributed by atoms with Crippen LogP contribution >= 0.6 is 0 Å². The number of nitrogens with zero attached hydrogens (tertiary/aromatic N) is 4. The number of aromatic nitrogens is 2. The lowest BCUT2D eigenvalue weighted by Gasteiger charge is -2.06. The molecular weight excluding hydrogens is 278 g/mol. The van der Waals surface area contributed by atoms with E-state index in [4.69, 9.17) is 4.74 Å². The number of hydrogen-bond donors (Lipinski definition) is 0. The molecular formula is C14H14F2N4O. The van der Waals surface area contributed by atoms with Gasteiger partial charge in [0.1, 0.15) is 12.4 Å². The molecule has 0 amide bonds.